The van der Waals surface area contributed by atoms with Crippen LogP contribution in [-0.2, 0) is 5.75 Å². The fourth-order valence-electron chi connectivity index (χ4n) is 2.43. The SMILES string of the molecule is SCc1ccnc(OCCC2CCCCC2)c1. The summed E-state index contributed by atoms with van der Waals surface area (Å²) < 4.78 is 5.71. The number of aromatic nitrogens is 1. The van der Waals surface area contributed by atoms with Crippen molar-refractivity contribution in [2.45, 2.75) is 44.3 Å². The number of rotatable bonds is 5. The van der Waals surface area contributed by atoms with Crippen LogP contribution in [0.2, 0.25) is 0 Å². The summed E-state index contributed by atoms with van der Waals surface area (Å²) in [5, 5.41) is 0. The Balaban J connectivity index is 1.73. The van der Waals surface area contributed by atoms with Crippen LogP contribution < -0.4 is 4.74 Å². The molecule has 0 bridgehead atoms. The normalized spacial score (nSPS) is 17.0. The van der Waals surface area contributed by atoms with Crippen LogP contribution >= 0.6 is 12.6 Å². The van der Waals surface area contributed by atoms with E-state index in [2.05, 4.69) is 17.6 Å². The molecule has 0 aromatic carbocycles. The molecule has 1 fully saturated rings. The van der Waals surface area contributed by atoms with Crippen LogP contribution in [0.4, 0.5) is 0 Å². The zero-order chi connectivity index (χ0) is 11.9. The molecule has 0 atom stereocenters. The smallest absolute Gasteiger partial charge is 0.213 e. The van der Waals surface area contributed by atoms with Crippen molar-refractivity contribution < 1.29 is 4.74 Å². The summed E-state index contributed by atoms with van der Waals surface area (Å²) in [5.41, 5.74) is 1.16. The quantitative estimate of drug-likeness (QED) is 0.803. The van der Waals surface area contributed by atoms with Crippen molar-refractivity contribution in [3.63, 3.8) is 0 Å². The second kappa shape index (κ2) is 6.90. The maximum absolute atomic E-state index is 5.71. The maximum Gasteiger partial charge on any atom is 0.213 e. The van der Waals surface area contributed by atoms with Crippen LogP contribution in [0, 0.1) is 5.92 Å². The lowest BCUT2D eigenvalue weighted by Gasteiger charge is -2.21. The molecule has 0 amide bonds. The predicted octanol–water partition coefficient (Wildman–Crippen LogP) is 3.86. The third-order valence-electron chi connectivity index (χ3n) is 3.48. The fraction of sp³-hybridized carbons (Fsp3) is 0.643. The van der Waals surface area contributed by atoms with E-state index in [4.69, 9.17) is 4.74 Å². The lowest BCUT2D eigenvalue weighted by molar-refractivity contribution is 0.240. The molecule has 17 heavy (non-hydrogen) atoms. The Kier molecular flexibility index (Phi) is 5.17. The summed E-state index contributed by atoms with van der Waals surface area (Å²) in [6.07, 6.45) is 9.95. The first-order chi connectivity index (χ1) is 8.38. The zero-order valence-electron chi connectivity index (χ0n) is 10.3. The molecule has 0 radical (unpaired) electrons. The summed E-state index contributed by atoms with van der Waals surface area (Å²) in [7, 11) is 0. The summed E-state index contributed by atoms with van der Waals surface area (Å²) in [5.74, 6) is 2.35. The van der Waals surface area contributed by atoms with E-state index in [0.29, 0.717) is 0 Å². The monoisotopic (exact) mass is 251 g/mol. The van der Waals surface area contributed by atoms with Crippen LogP contribution in [0.1, 0.15) is 44.1 Å². The first-order valence-corrected chi connectivity index (χ1v) is 7.20. The van der Waals surface area contributed by atoms with E-state index in [1.807, 2.05) is 12.1 Å². The molecule has 0 saturated heterocycles. The molecule has 0 spiro atoms. The standard InChI is InChI=1S/C14H21NOS/c17-11-13-6-8-15-14(10-13)16-9-7-12-4-2-1-3-5-12/h6,8,10,12,17H,1-5,7,9,11H2. The third-order valence-corrected chi connectivity index (χ3v) is 3.85. The average molecular weight is 251 g/mol. The number of ether oxygens (including phenoxy) is 1. The fourth-order valence-corrected chi connectivity index (χ4v) is 2.63. The summed E-state index contributed by atoms with van der Waals surface area (Å²) >= 11 is 4.25. The molecular weight excluding hydrogens is 230 g/mol. The predicted molar refractivity (Wildman–Crippen MR) is 73.6 cm³/mol. The van der Waals surface area contributed by atoms with E-state index >= 15 is 0 Å². The van der Waals surface area contributed by atoms with Gasteiger partial charge in [0.15, 0.2) is 0 Å². The molecule has 0 aliphatic heterocycles. The minimum atomic E-state index is 0.738. The molecule has 2 rings (SSSR count). The van der Waals surface area contributed by atoms with Gasteiger partial charge >= 0.3 is 0 Å². The van der Waals surface area contributed by atoms with E-state index < -0.39 is 0 Å². The van der Waals surface area contributed by atoms with Crippen molar-refractivity contribution in [2.75, 3.05) is 6.61 Å². The van der Waals surface area contributed by atoms with E-state index in [9.17, 15) is 0 Å². The van der Waals surface area contributed by atoms with Crippen LogP contribution in [0.15, 0.2) is 18.3 Å². The maximum atomic E-state index is 5.71. The van der Waals surface area contributed by atoms with Gasteiger partial charge in [-0.2, -0.15) is 12.6 Å². The topological polar surface area (TPSA) is 22.1 Å². The van der Waals surface area contributed by atoms with Gasteiger partial charge in [-0.15, -0.1) is 0 Å². The Labute approximate surface area is 109 Å². The number of nitrogens with zero attached hydrogens (tertiary/aromatic N) is 1. The Hall–Kier alpha value is -0.700. The molecule has 2 nitrogen and oxygen atoms in total. The molecule has 1 aliphatic carbocycles. The molecule has 1 heterocycles. The Morgan fingerprint density at radius 3 is 2.88 bits per heavy atom. The van der Waals surface area contributed by atoms with Crippen molar-refractivity contribution in [1.29, 1.82) is 0 Å². The Bertz CT molecular complexity index is 337. The van der Waals surface area contributed by atoms with Crippen molar-refractivity contribution in [2.24, 2.45) is 5.92 Å². The van der Waals surface area contributed by atoms with Gasteiger partial charge in [0.1, 0.15) is 0 Å². The number of hydrogen-bond donors (Lipinski definition) is 1. The Morgan fingerprint density at radius 1 is 1.29 bits per heavy atom. The minimum Gasteiger partial charge on any atom is -0.478 e. The highest BCUT2D eigenvalue weighted by atomic mass is 32.1. The highest BCUT2D eigenvalue weighted by Gasteiger charge is 2.13. The first kappa shape index (κ1) is 12.7. The number of pyridine rings is 1. The van der Waals surface area contributed by atoms with Crippen LogP contribution in [-0.4, -0.2) is 11.6 Å². The molecule has 0 unspecified atom stereocenters. The summed E-state index contributed by atoms with van der Waals surface area (Å²) in [6, 6.07) is 3.95. The first-order valence-electron chi connectivity index (χ1n) is 6.57. The number of hydrogen-bond acceptors (Lipinski definition) is 3. The second-order valence-corrected chi connectivity index (χ2v) is 5.12. The van der Waals surface area contributed by atoms with Crippen LogP contribution in [0.25, 0.3) is 0 Å². The Morgan fingerprint density at radius 2 is 2.12 bits per heavy atom. The highest BCUT2D eigenvalue weighted by Crippen LogP contribution is 2.26. The molecule has 1 saturated carbocycles. The lowest BCUT2D eigenvalue weighted by atomic mass is 9.87. The van der Waals surface area contributed by atoms with Gasteiger partial charge in [0.05, 0.1) is 6.61 Å². The number of thiol groups is 1. The van der Waals surface area contributed by atoms with E-state index in [1.54, 1.807) is 6.20 Å². The van der Waals surface area contributed by atoms with Gasteiger partial charge in [-0.05, 0) is 24.0 Å². The van der Waals surface area contributed by atoms with Gasteiger partial charge in [0.25, 0.3) is 0 Å². The second-order valence-electron chi connectivity index (χ2n) is 4.80. The largest absolute Gasteiger partial charge is 0.478 e. The molecule has 1 aliphatic rings. The summed E-state index contributed by atoms with van der Waals surface area (Å²) in [6.45, 7) is 0.799. The molecule has 0 N–H and O–H groups in total. The van der Waals surface area contributed by atoms with Gasteiger partial charge in [0.2, 0.25) is 5.88 Å². The van der Waals surface area contributed by atoms with E-state index in [-0.39, 0.29) is 0 Å². The third kappa shape index (κ3) is 4.23. The van der Waals surface area contributed by atoms with Crippen LogP contribution in [0.5, 0.6) is 5.88 Å². The van der Waals surface area contributed by atoms with Crippen molar-refractivity contribution in [3.05, 3.63) is 23.9 Å². The average Bonchev–Trinajstić information content (AvgIpc) is 2.40. The van der Waals surface area contributed by atoms with Gasteiger partial charge in [0, 0.05) is 18.0 Å². The van der Waals surface area contributed by atoms with E-state index in [1.165, 1.54) is 38.5 Å². The summed E-state index contributed by atoms with van der Waals surface area (Å²) in [4.78, 5) is 4.21. The van der Waals surface area contributed by atoms with Crippen LogP contribution in [0.3, 0.4) is 0 Å². The molecule has 1 aromatic heterocycles. The highest BCUT2D eigenvalue weighted by molar-refractivity contribution is 7.79. The minimum absolute atomic E-state index is 0.738. The van der Waals surface area contributed by atoms with Gasteiger partial charge < -0.3 is 4.74 Å². The zero-order valence-corrected chi connectivity index (χ0v) is 11.2. The van der Waals surface area contributed by atoms with Gasteiger partial charge in [-0.3, -0.25) is 0 Å². The van der Waals surface area contributed by atoms with Crippen molar-refractivity contribution in [3.8, 4) is 5.88 Å². The van der Waals surface area contributed by atoms with E-state index in [0.717, 1.165) is 29.7 Å². The van der Waals surface area contributed by atoms with Crippen molar-refractivity contribution in [1.82, 2.24) is 4.98 Å². The van der Waals surface area contributed by atoms with Gasteiger partial charge in [-0.25, -0.2) is 4.98 Å². The molecule has 94 valence electrons. The van der Waals surface area contributed by atoms with Crippen molar-refractivity contribution >= 4 is 12.6 Å². The molecular formula is C14H21NOS. The lowest BCUT2D eigenvalue weighted by Crippen LogP contribution is -2.11. The van der Waals surface area contributed by atoms with Gasteiger partial charge in [-0.1, -0.05) is 32.1 Å². The molecule has 1 aromatic rings. The molecule has 3 heteroatoms.